The minimum Gasteiger partial charge on any atom is -0.337 e. The molecule has 2 aromatic rings. The second-order valence-electron chi connectivity index (χ2n) is 3.27. The first-order valence-electron chi connectivity index (χ1n) is 4.77. The second kappa shape index (κ2) is 4.46. The van der Waals surface area contributed by atoms with E-state index in [0.29, 0.717) is 18.1 Å². The lowest BCUT2D eigenvalue weighted by Crippen LogP contribution is -2.00. The molecule has 0 amide bonds. The van der Waals surface area contributed by atoms with Crippen LogP contribution in [0.5, 0.6) is 0 Å². The van der Waals surface area contributed by atoms with Gasteiger partial charge in [0.15, 0.2) is 5.82 Å². The standard InChI is InChI=1S/C8H9ClN4O3S/c1-2-7-11-8(16-12-7)5-13-4-6(3-10-13)17(9,14)15/h3-4H,2,5H2,1H3. The lowest BCUT2D eigenvalue weighted by Gasteiger charge is -1.93. The average Bonchev–Trinajstić information content (AvgIpc) is 2.86. The first kappa shape index (κ1) is 12.1. The van der Waals surface area contributed by atoms with Crippen LogP contribution in [0.1, 0.15) is 18.6 Å². The van der Waals surface area contributed by atoms with E-state index in [0.717, 1.165) is 0 Å². The first-order valence-corrected chi connectivity index (χ1v) is 7.08. The van der Waals surface area contributed by atoms with Gasteiger partial charge in [-0.2, -0.15) is 10.1 Å². The average molecular weight is 277 g/mol. The van der Waals surface area contributed by atoms with E-state index < -0.39 is 9.05 Å². The topological polar surface area (TPSA) is 90.9 Å². The van der Waals surface area contributed by atoms with Crippen LogP contribution in [0, 0.1) is 0 Å². The molecule has 0 aliphatic carbocycles. The van der Waals surface area contributed by atoms with Crippen LogP contribution < -0.4 is 0 Å². The van der Waals surface area contributed by atoms with Gasteiger partial charge in [0.05, 0.1) is 6.20 Å². The normalized spacial score (nSPS) is 11.9. The first-order chi connectivity index (χ1) is 7.99. The summed E-state index contributed by atoms with van der Waals surface area (Å²) < 4.78 is 28.3. The molecule has 0 saturated carbocycles. The third-order valence-corrected chi connectivity index (χ3v) is 3.32. The lowest BCUT2D eigenvalue weighted by molar-refractivity contribution is 0.361. The summed E-state index contributed by atoms with van der Waals surface area (Å²) in [6.45, 7) is 2.11. The molecular formula is C8H9ClN4O3S. The van der Waals surface area contributed by atoms with Crippen molar-refractivity contribution in [3.8, 4) is 0 Å². The van der Waals surface area contributed by atoms with Crippen molar-refractivity contribution in [3.63, 3.8) is 0 Å². The van der Waals surface area contributed by atoms with E-state index in [2.05, 4.69) is 15.2 Å². The molecule has 0 N–H and O–H groups in total. The molecule has 0 radical (unpaired) electrons. The third-order valence-electron chi connectivity index (χ3n) is 2.01. The Morgan fingerprint density at radius 2 is 2.29 bits per heavy atom. The van der Waals surface area contributed by atoms with Crippen LogP contribution >= 0.6 is 10.7 Å². The van der Waals surface area contributed by atoms with Crippen LogP contribution in [0.25, 0.3) is 0 Å². The van der Waals surface area contributed by atoms with E-state index in [1.165, 1.54) is 17.1 Å². The predicted molar refractivity (Wildman–Crippen MR) is 58.0 cm³/mol. The number of hydrogen-bond acceptors (Lipinski definition) is 6. The summed E-state index contributed by atoms with van der Waals surface area (Å²) in [7, 11) is 1.42. The maximum atomic E-state index is 11.0. The molecule has 9 heteroatoms. The van der Waals surface area contributed by atoms with Crippen molar-refractivity contribution < 1.29 is 12.9 Å². The van der Waals surface area contributed by atoms with Gasteiger partial charge in [0.2, 0.25) is 5.89 Å². The molecule has 0 spiro atoms. The van der Waals surface area contributed by atoms with Gasteiger partial charge in [0.1, 0.15) is 11.4 Å². The van der Waals surface area contributed by atoms with E-state index >= 15 is 0 Å². The highest BCUT2D eigenvalue weighted by Crippen LogP contribution is 2.13. The SMILES string of the molecule is CCc1noc(Cn2cc(S(=O)(=O)Cl)cn2)n1. The maximum absolute atomic E-state index is 11.0. The lowest BCUT2D eigenvalue weighted by atomic mass is 10.5. The predicted octanol–water partition coefficient (Wildman–Crippen LogP) is 0.804. The Kier molecular flexibility index (Phi) is 3.16. The number of nitrogens with zero attached hydrogens (tertiary/aromatic N) is 4. The Hall–Kier alpha value is -1.41. The molecule has 0 saturated heterocycles. The Labute approximate surface area is 102 Å². The van der Waals surface area contributed by atoms with Crippen LogP contribution in [0.2, 0.25) is 0 Å². The molecule has 0 aliphatic rings. The van der Waals surface area contributed by atoms with Crippen molar-refractivity contribution in [2.45, 2.75) is 24.8 Å². The summed E-state index contributed by atoms with van der Waals surface area (Å²) in [5, 5.41) is 7.55. The third kappa shape index (κ3) is 2.83. The molecular weight excluding hydrogens is 268 g/mol. The number of hydrogen-bond donors (Lipinski definition) is 0. The molecule has 2 rings (SSSR count). The van der Waals surface area contributed by atoms with Gasteiger partial charge in [0, 0.05) is 23.3 Å². The van der Waals surface area contributed by atoms with E-state index in [4.69, 9.17) is 15.2 Å². The molecule has 92 valence electrons. The number of rotatable bonds is 4. The van der Waals surface area contributed by atoms with E-state index in [-0.39, 0.29) is 11.4 Å². The summed E-state index contributed by atoms with van der Waals surface area (Å²) in [4.78, 5) is 4.01. The number of aromatic nitrogens is 4. The molecule has 0 aromatic carbocycles. The summed E-state index contributed by atoms with van der Waals surface area (Å²) in [6.07, 6.45) is 3.14. The molecule has 0 atom stereocenters. The van der Waals surface area contributed by atoms with E-state index in [1.54, 1.807) is 0 Å². The van der Waals surface area contributed by atoms with Gasteiger partial charge in [-0.15, -0.1) is 0 Å². The summed E-state index contributed by atoms with van der Waals surface area (Å²) >= 11 is 0. The number of halogens is 1. The Bertz CT molecular complexity index is 618. The van der Waals surface area contributed by atoms with Gasteiger partial charge in [-0.3, -0.25) is 4.68 Å². The zero-order valence-electron chi connectivity index (χ0n) is 8.87. The van der Waals surface area contributed by atoms with Crippen LogP contribution in [-0.4, -0.2) is 28.3 Å². The smallest absolute Gasteiger partial charge is 0.264 e. The van der Waals surface area contributed by atoms with Gasteiger partial charge < -0.3 is 4.52 Å². The van der Waals surface area contributed by atoms with Crippen molar-refractivity contribution in [3.05, 3.63) is 24.1 Å². The summed E-state index contributed by atoms with van der Waals surface area (Å²) in [6, 6.07) is 0. The summed E-state index contributed by atoms with van der Waals surface area (Å²) in [5.74, 6) is 0.959. The van der Waals surface area contributed by atoms with Crippen molar-refractivity contribution in [2.24, 2.45) is 0 Å². The highest BCUT2D eigenvalue weighted by molar-refractivity contribution is 8.13. The van der Waals surface area contributed by atoms with Gasteiger partial charge in [-0.1, -0.05) is 12.1 Å². The minimum atomic E-state index is -3.75. The number of aryl methyl sites for hydroxylation is 1. The molecule has 17 heavy (non-hydrogen) atoms. The fourth-order valence-electron chi connectivity index (χ4n) is 1.19. The Morgan fingerprint density at radius 3 is 2.82 bits per heavy atom. The van der Waals surface area contributed by atoms with Crippen LogP contribution in [-0.2, 0) is 22.0 Å². The van der Waals surface area contributed by atoms with Crippen molar-refractivity contribution >= 4 is 19.7 Å². The molecule has 0 fully saturated rings. The molecule has 0 unspecified atom stereocenters. The fraction of sp³-hybridized carbons (Fsp3) is 0.375. The van der Waals surface area contributed by atoms with Crippen molar-refractivity contribution in [1.29, 1.82) is 0 Å². The van der Waals surface area contributed by atoms with E-state index in [1.807, 2.05) is 6.92 Å². The van der Waals surface area contributed by atoms with E-state index in [9.17, 15) is 8.42 Å². The Balaban J connectivity index is 2.17. The quantitative estimate of drug-likeness (QED) is 0.767. The molecule has 0 aliphatic heterocycles. The fourth-order valence-corrected chi connectivity index (χ4v) is 1.85. The van der Waals surface area contributed by atoms with Gasteiger partial charge >= 0.3 is 0 Å². The molecule has 7 nitrogen and oxygen atoms in total. The molecule has 2 heterocycles. The minimum absolute atomic E-state index is 0.0607. The van der Waals surface area contributed by atoms with Gasteiger partial charge in [-0.05, 0) is 0 Å². The monoisotopic (exact) mass is 276 g/mol. The van der Waals surface area contributed by atoms with Crippen LogP contribution in [0.3, 0.4) is 0 Å². The van der Waals surface area contributed by atoms with Crippen molar-refractivity contribution in [1.82, 2.24) is 19.9 Å². The van der Waals surface area contributed by atoms with Crippen molar-refractivity contribution in [2.75, 3.05) is 0 Å². The highest BCUT2D eigenvalue weighted by atomic mass is 35.7. The zero-order valence-corrected chi connectivity index (χ0v) is 10.4. The summed E-state index contributed by atoms with van der Waals surface area (Å²) in [5.41, 5.74) is 0. The zero-order chi connectivity index (χ0) is 12.5. The van der Waals surface area contributed by atoms with Crippen LogP contribution in [0.4, 0.5) is 0 Å². The largest absolute Gasteiger partial charge is 0.337 e. The van der Waals surface area contributed by atoms with Crippen LogP contribution in [0.15, 0.2) is 21.8 Å². The maximum Gasteiger partial charge on any atom is 0.264 e. The second-order valence-corrected chi connectivity index (χ2v) is 5.84. The molecule has 0 bridgehead atoms. The van der Waals surface area contributed by atoms with Gasteiger partial charge in [-0.25, -0.2) is 8.42 Å². The highest BCUT2D eigenvalue weighted by Gasteiger charge is 2.14. The van der Waals surface area contributed by atoms with Gasteiger partial charge in [0.25, 0.3) is 9.05 Å². The molecule has 2 aromatic heterocycles. The Morgan fingerprint density at radius 1 is 1.53 bits per heavy atom.